The number of rotatable bonds is 8. The second-order valence-corrected chi connectivity index (χ2v) is 7.24. The number of hydrogen-bond donors (Lipinski definition) is 2. The summed E-state index contributed by atoms with van der Waals surface area (Å²) in [6.45, 7) is 6.16. The molecule has 10 heteroatoms. The number of hydrogen-bond acceptors (Lipinski definition) is 5. The van der Waals surface area contributed by atoms with Crippen molar-refractivity contribution in [2.45, 2.75) is 52.8 Å². The molecule has 0 radical (unpaired) electrons. The van der Waals surface area contributed by atoms with Crippen LogP contribution >= 0.6 is 24.0 Å². The zero-order valence-electron chi connectivity index (χ0n) is 17.8. The molecule has 2 N–H and O–H groups in total. The van der Waals surface area contributed by atoms with E-state index in [1.807, 2.05) is 0 Å². The Morgan fingerprint density at radius 2 is 1.90 bits per heavy atom. The number of benzene rings is 1. The molecular weight excluding hydrogens is 509 g/mol. The first-order valence-corrected chi connectivity index (χ1v) is 9.33. The van der Waals surface area contributed by atoms with E-state index in [2.05, 4.69) is 46.1 Å². The molecule has 168 valence electrons. The van der Waals surface area contributed by atoms with E-state index in [0.29, 0.717) is 31.5 Å². The van der Waals surface area contributed by atoms with Crippen LogP contribution in [-0.2, 0) is 18.5 Å². The van der Waals surface area contributed by atoms with Gasteiger partial charge in [-0.2, -0.15) is 8.78 Å². The quantitative estimate of drug-likeness (QED) is 0.294. The normalized spacial score (nSPS) is 11.8. The zero-order valence-corrected chi connectivity index (χ0v) is 20.1. The van der Waals surface area contributed by atoms with Gasteiger partial charge in [-0.25, -0.2) is 4.98 Å². The minimum Gasteiger partial charge on any atom is -0.490 e. The Hall–Kier alpha value is -2.11. The van der Waals surface area contributed by atoms with Crippen molar-refractivity contribution in [1.29, 1.82) is 0 Å². The number of halogens is 3. The van der Waals surface area contributed by atoms with Crippen molar-refractivity contribution in [3.63, 3.8) is 0 Å². The molecule has 0 fully saturated rings. The third-order valence-electron chi connectivity index (χ3n) is 3.91. The van der Waals surface area contributed by atoms with Crippen molar-refractivity contribution in [2.75, 3.05) is 13.7 Å². The third kappa shape index (κ3) is 7.96. The molecule has 0 aliphatic carbocycles. The standard InChI is InChI=1S/C20H28F2N4O3.HI/c1-6-27-15-9-13(7-8-14(15)28-18(21)22)10-25-19(23-5)26-12-17-24-11-16(29-17)20(2,3)4;/h7-9,11,18H,6,10,12H2,1-5H3,(H2,23,25,26);1H. The Labute approximate surface area is 192 Å². The van der Waals surface area contributed by atoms with E-state index < -0.39 is 6.61 Å². The summed E-state index contributed by atoms with van der Waals surface area (Å²) in [7, 11) is 1.65. The zero-order chi connectivity index (χ0) is 21.4. The molecule has 2 aromatic rings. The van der Waals surface area contributed by atoms with Crippen molar-refractivity contribution in [2.24, 2.45) is 4.99 Å². The van der Waals surface area contributed by atoms with Crippen LogP contribution in [0.3, 0.4) is 0 Å². The molecule has 7 nitrogen and oxygen atoms in total. The fraction of sp³-hybridized carbons (Fsp3) is 0.500. The van der Waals surface area contributed by atoms with E-state index in [0.717, 1.165) is 11.3 Å². The molecule has 0 saturated carbocycles. The summed E-state index contributed by atoms with van der Waals surface area (Å²) in [4.78, 5) is 8.43. The van der Waals surface area contributed by atoms with Gasteiger partial charge in [0.1, 0.15) is 5.76 Å². The van der Waals surface area contributed by atoms with Crippen LogP contribution in [0.2, 0.25) is 0 Å². The van der Waals surface area contributed by atoms with Gasteiger partial charge in [0, 0.05) is 19.0 Å². The summed E-state index contributed by atoms with van der Waals surface area (Å²) in [5.74, 6) is 2.19. The highest BCUT2D eigenvalue weighted by atomic mass is 127. The van der Waals surface area contributed by atoms with Gasteiger partial charge in [-0.05, 0) is 24.6 Å². The van der Waals surface area contributed by atoms with Crippen molar-refractivity contribution in [1.82, 2.24) is 15.6 Å². The molecule has 0 amide bonds. The van der Waals surface area contributed by atoms with E-state index in [9.17, 15) is 8.78 Å². The average molecular weight is 538 g/mol. The van der Waals surface area contributed by atoms with E-state index in [1.165, 1.54) is 6.07 Å². The number of guanidine groups is 1. The van der Waals surface area contributed by atoms with E-state index in [4.69, 9.17) is 9.15 Å². The van der Waals surface area contributed by atoms with Gasteiger partial charge < -0.3 is 24.5 Å². The van der Waals surface area contributed by atoms with Crippen LogP contribution in [0.15, 0.2) is 33.8 Å². The van der Waals surface area contributed by atoms with Crippen LogP contribution in [0.1, 0.15) is 44.9 Å². The molecule has 30 heavy (non-hydrogen) atoms. The van der Waals surface area contributed by atoms with Gasteiger partial charge in [0.15, 0.2) is 17.5 Å². The predicted octanol–water partition coefficient (Wildman–Crippen LogP) is 4.46. The lowest BCUT2D eigenvalue weighted by Crippen LogP contribution is -2.36. The highest BCUT2D eigenvalue weighted by Gasteiger charge is 2.19. The van der Waals surface area contributed by atoms with Crippen LogP contribution in [-0.4, -0.2) is 31.2 Å². The molecule has 0 saturated heterocycles. The van der Waals surface area contributed by atoms with Crippen molar-refractivity contribution in [3.05, 3.63) is 41.6 Å². The van der Waals surface area contributed by atoms with Gasteiger partial charge in [-0.3, -0.25) is 4.99 Å². The summed E-state index contributed by atoms with van der Waals surface area (Å²) < 4.78 is 40.6. The predicted molar refractivity (Wildman–Crippen MR) is 122 cm³/mol. The molecule has 1 aromatic heterocycles. The topological polar surface area (TPSA) is 80.9 Å². The smallest absolute Gasteiger partial charge is 0.387 e. The van der Waals surface area contributed by atoms with Crippen molar-refractivity contribution in [3.8, 4) is 11.5 Å². The number of nitrogens with zero attached hydrogens (tertiary/aromatic N) is 2. The van der Waals surface area contributed by atoms with E-state index in [-0.39, 0.29) is 40.9 Å². The van der Waals surface area contributed by atoms with E-state index >= 15 is 0 Å². The van der Waals surface area contributed by atoms with Gasteiger partial charge >= 0.3 is 6.61 Å². The SMILES string of the molecule is CCOc1cc(CNC(=NC)NCc2ncc(C(C)(C)C)o2)ccc1OC(F)F.I. The maximum Gasteiger partial charge on any atom is 0.387 e. The summed E-state index contributed by atoms with van der Waals surface area (Å²) in [5.41, 5.74) is 0.716. The van der Waals surface area contributed by atoms with Crippen molar-refractivity contribution >= 4 is 29.9 Å². The fourth-order valence-electron chi connectivity index (χ4n) is 2.43. The minimum absolute atomic E-state index is 0. The number of oxazole rings is 1. The lowest BCUT2D eigenvalue weighted by molar-refractivity contribution is -0.0514. The van der Waals surface area contributed by atoms with Crippen LogP contribution < -0.4 is 20.1 Å². The molecule has 0 spiro atoms. The molecule has 0 aliphatic heterocycles. The highest BCUT2D eigenvalue weighted by molar-refractivity contribution is 14.0. The highest BCUT2D eigenvalue weighted by Crippen LogP contribution is 2.30. The fourth-order valence-corrected chi connectivity index (χ4v) is 2.43. The number of nitrogens with one attached hydrogen (secondary N) is 2. The number of ether oxygens (including phenoxy) is 2. The summed E-state index contributed by atoms with van der Waals surface area (Å²) in [6.07, 6.45) is 1.73. The van der Waals surface area contributed by atoms with Crippen LogP contribution in [0.5, 0.6) is 11.5 Å². The molecule has 1 heterocycles. The Kier molecular flexibility index (Phi) is 10.3. The van der Waals surface area contributed by atoms with Gasteiger partial charge in [-0.15, -0.1) is 24.0 Å². The average Bonchev–Trinajstić information content (AvgIpc) is 3.13. The molecule has 0 atom stereocenters. The molecule has 2 rings (SSSR count). The van der Waals surface area contributed by atoms with Gasteiger partial charge in [0.25, 0.3) is 0 Å². The second-order valence-electron chi connectivity index (χ2n) is 7.24. The number of aromatic nitrogens is 1. The van der Waals surface area contributed by atoms with Gasteiger partial charge in [0.2, 0.25) is 5.89 Å². The maximum atomic E-state index is 12.5. The lowest BCUT2D eigenvalue weighted by Gasteiger charge is -2.15. The van der Waals surface area contributed by atoms with E-state index in [1.54, 1.807) is 32.3 Å². The second kappa shape index (κ2) is 11.9. The minimum atomic E-state index is -2.91. The lowest BCUT2D eigenvalue weighted by atomic mass is 9.94. The molecular formula is C20H29F2IN4O3. The Balaban J connectivity index is 0.00000450. The Morgan fingerprint density at radius 1 is 1.20 bits per heavy atom. The number of alkyl halides is 2. The summed E-state index contributed by atoms with van der Waals surface area (Å²) in [6, 6.07) is 4.81. The first kappa shape index (κ1) is 25.9. The van der Waals surface area contributed by atoms with Crippen molar-refractivity contribution < 1.29 is 22.7 Å². The van der Waals surface area contributed by atoms with Crippen LogP contribution in [0.25, 0.3) is 0 Å². The van der Waals surface area contributed by atoms with Crippen LogP contribution in [0.4, 0.5) is 8.78 Å². The summed E-state index contributed by atoms with van der Waals surface area (Å²) >= 11 is 0. The monoisotopic (exact) mass is 538 g/mol. The third-order valence-corrected chi connectivity index (χ3v) is 3.91. The number of aliphatic imine (C=N–C) groups is 1. The van der Waals surface area contributed by atoms with Gasteiger partial charge in [-0.1, -0.05) is 26.8 Å². The molecule has 1 aromatic carbocycles. The molecule has 0 unspecified atom stereocenters. The maximum absolute atomic E-state index is 12.5. The Bertz CT molecular complexity index is 823. The van der Waals surface area contributed by atoms with Crippen LogP contribution in [0, 0.1) is 0 Å². The van der Waals surface area contributed by atoms with Gasteiger partial charge in [0.05, 0.1) is 19.3 Å². The first-order valence-electron chi connectivity index (χ1n) is 9.33. The molecule has 0 bridgehead atoms. The summed E-state index contributed by atoms with van der Waals surface area (Å²) in [5, 5.41) is 6.27. The largest absolute Gasteiger partial charge is 0.490 e. The first-order chi connectivity index (χ1) is 13.7. The Morgan fingerprint density at radius 3 is 2.47 bits per heavy atom. The molecule has 0 aliphatic rings.